The second kappa shape index (κ2) is 4.86. The van der Waals surface area contributed by atoms with Crippen molar-refractivity contribution in [1.29, 1.82) is 0 Å². The Morgan fingerprint density at radius 2 is 2.39 bits per heavy atom. The van der Waals surface area contributed by atoms with E-state index in [4.69, 9.17) is 0 Å². The fraction of sp³-hybridized carbons (Fsp3) is 0. The highest BCUT2D eigenvalue weighted by atomic mass is 16.6. The number of anilines is 1. The van der Waals surface area contributed by atoms with Crippen molar-refractivity contribution >= 4 is 17.9 Å². The van der Waals surface area contributed by atoms with Crippen LogP contribution in [0.5, 0.6) is 5.75 Å². The molecule has 0 unspecified atom stereocenters. The van der Waals surface area contributed by atoms with Gasteiger partial charge in [-0.15, -0.1) is 5.10 Å². The molecule has 3 N–H and O–H groups in total. The lowest BCUT2D eigenvalue weighted by Gasteiger charge is -1.98. The number of aromatic nitrogens is 4. The molecule has 1 heterocycles. The average molecular weight is 249 g/mol. The lowest BCUT2D eigenvalue weighted by molar-refractivity contribution is -0.384. The van der Waals surface area contributed by atoms with Gasteiger partial charge in [-0.1, -0.05) is 5.10 Å². The number of phenolic OH excluding ortho intramolecular Hbond substituents is 1. The van der Waals surface area contributed by atoms with Crippen LogP contribution in [-0.4, -0.2) is 36.9 Å². The molecule has 0 atom stereocenters. The first-order valence-corrected chi connectivity index (χ1v) is 4.67. The zero-order chi connectivity index (χ0) is 13.0. The van der Waals surface area contributed by atoms with Crippen molar-refractivity contribution in [3.63, 3.8) is 0 Å². The molecule has 1 aromatic heterocycles. The van der Waals surface area contributed by atoms with Crippen LogP contribution in [0.2, 0.25) is 0 Å². The van der Waals surface area contributed by atoms with Crippen molar-refractivity contribution in [2.45, 2.75) is 0 Å². The Balaban J connectivity index is 2.15. The number of tetrazole rings is 1. The Hall–Kier alpha value is -3.04. The molecule has 2 aromatic rings. The van der Waals surface area contributed by atoms with Crippen molar-refractivity contribution in [3.8, 4) is 5.75 Å². The summed E-state index contributed by atoms with van der Waals surface area (Å²) in [4.78, 5) is 9.99. The zero-order valence-corrected chi connectivity index (χ0v) is 8.81. The van der Waals surface area contributed by atoms with Gasteiger partial charge in [0.15, 0.2) is 0 Å². The zero-order valence-electron chi connectivity index (χ0n) is 8.81. The SMILES string of the molecule is O=[N+]([O-])c1ccc(O)c(/C=N\Nc2nn[nH]n2)c1. The molecule has 0 amide bonds. The number of rotatable bonds is 4. The first kappa shape index (κ1) is 11.4. The minimum absolute atomic E-state index is 0.126. The van der Waals surface area contributed by atoms with E-state index in [1.807, 2.05) is 0 Å². The monoisotopic (exact) mass is 249 g/mol. The first-order valence-electron chi connectivity index (χ1n) is 4.67. The van der Waals surface area contributed by atoms with Crippen LogP contribution in [0, 0.1) is 10.1 Å². The number of nitro groups is 1. The Bertz CT molecular complexity index is 580. The van der Waals surface area contributed by atoms with Gasteiger partial charge in [-0.2, -0.15) is 10.3 Å². The number of phenols is 1. The van der Waals surface area contributed by atoms with Crippen molar-refractivity contribution < 1.29 is 10.0 Å². The molecule has 1 aromatic carbocycles. The van der Waals surface area contributed by atoms with Crippen molar-refractivity contribution in [2.75, 3.05) is 5.43 Å². The summed E-state index contributed by atoms with van der Waals surface area (Å²) in [7, 11) is 0. The maximum Gasteiger partial charge on any atom is 0.283 e. The quantitative estimate of drug-likeness (QED) is 0.400. The molecule has 0 aliphatic carbocycles. The number of hydrogen-bond acceptors (Lipinski definition) is 8. The summed E-state index contributed by atoms with van der Waals surface area (Å²) >= 11 is 0. The first-order chi connectivity index (χ1) is 8.66. The van der Waals surface area contributed by atoms with Gasteiger partial charge in [0.05, 0.1) is 11.1 Å². The normalized spacial score (nSPS) is 10.7. The molecule has 18 heavy (non-hydrogen) atoms. The molecule has 0 aliphatic heterocycles. The van der Waals surface area contributed by atoms with Crippen LogP contribution in [0.3, 0.4) is 0 Å². The van der Waals surface area contributed by atoms with Gasteiger partial charge in [0, 0.05) is 17.7 Å². The summed E-state index contributed by atoms with van der Waals surface area (Å²) in [6.07, 6.45) is 1.21. The smallest absolute Gasteiger partial charge is 0.283 e. The highest BCUT2D eigenvalue weighted by Crippen LogP contribution is 2.21. The second-order valence-electron chi connectivity index (χ2n) is 3.11. The van der Waals surface area contributed by atoms with Crippen molar-refractivity contribution in [2.24, 2.45) is 5.10 Å². The average Bonchev–Trinajstić information content (AvgIpc) is 2.84. The van der Waals surface area contributed by atoms with Gasteiger partial charge in [-0.3, -0.25) is 10.1 Å². The highest BCUT2D eigenvalue weighted by Gasteiger charge is 2.08. The molecule has 0 spiro atoms. The van der Waals surface area contributed by atoms with Crippen LogP contribution in [0.25, 0.3) is 0 Å². The molecule has 0 saturated carbocycles. The van der Waals surface area contributed by atoms with Crippen LogP contribution in [-0.2, 0) is 0 Å². The van der Waals surface area contributed by atoms with Crippen LogP contribution in [0.15, 0.2) is 23.3 Å². The summed E-state index contributed by atoms with van der Waals surface area (Å²) in [5.74, 6) is 0.00966. The lowest BCUT2D eigenvalue weighted by atomic mass is 10.2. The maximum atomic E-state index is 10.6. The molecule has 2 rings (SSSR count). The third-order valence-electron chi connectivity index (χ3n) is 1.94. The predicted octanol–water partition coefficient (Wildman–Crippen LogP) is 0.259. The van der Waals surface area contributed by atoms with E-state index in [0.717, 1.165) is 0 Å². The number of nitro benzene ring substituents is 1. The molecule has 0 saturated heterocycles. The van der Waals surface area contributed by atoms with E-state index in [0.29, 0.717) is 0 Å². The fourth-order valence-electron chi connectivity index (χ4n) is 1.13. The minimum atomic E-state index is -0.566. The predicted molar refractivity (Wildman–Crippen MR) is 60.2 cm³/mol. The Morgan fingerprint density at radius 3 is 3.06 bits per heavy atom. The fourth-order valence-corrected chi connectivity index (χ4v) is 1.13. The molecule has 0 radical (unpaired) electrons. The number of hydrazone groups is 1. The van der Waals surface area contributed by atoms with Crippen molar-refractivity contribution in [1.82, 2.24) is 20.6 Å². The van der Waals surface area contributed by atoms with E-state index in [9.17, 15) is 15.2 Å². The van der Waals surface area contributed by atoms with E-state index in [2.05, 4.69) is 31.2 Å². The number of H-pyrrole nitrogens is 1. The topological polar surface area (TPSA) is 142 Å². The van der Waals surface area contributed by atoms with Gasteiger partial charge >= 0.3 is 0 Å². The molecular weight excluding hydrogens is 242 g/mol. The van der Waals surface area contributed by atoms with Crippen LogP contribution < -0.4 is 5.43 Å². The number of nitrogens with one attached hydrogen (secondary N) is 2. The summed E-state index contributed by atoms with van der Waals surface area (Å²) in [6.45, 7) is 0. The molecule has 0 bridgehead atoms. The molecule has 10 nitrogen and oxygen atoms in total. The van der Waals surface area contributed by atoms with Crippen LogP contribution in [0.4, 0.5) is 11.6 Å². The number of benzene rings is 1. The van der Waals surface area contributed by atoms with E-state index in [-0.39, 0.29) is 22.9 Å². The van der Waals surface area contributed by atoms with E-state index < -0.39 is 4.92 Å². The highest BCUT2D eigenvalue weighted by molar-refractivity contribution is 5.84. The largest absolute Gasteiger partial charge is 0.507 e. The Kier molecular flexibility index (Phi) is 3.09. The Labute approximate surface area is 99.5 Å². The number of nitrogens with zero attached hydrogens (tertiary/aromatic N) is 5. The minimum Gasteiger partial charge on any atom is -0.507 e. The third-order valence-corrected chi connectivity index (χ3v) is 1.94. The van der Waals surface area contributed by atoms with Gasteiger partial charge < -0.3 is 5.11 Å². The summed E-state index contributed by atoms with van der Waals surface area (Å²) < 4.78 is 0. The van der Waals surface area contributed by atoms with Crippen LogP contribution >= 0.6 is 0 Å². The Morgan fingerprint density at radius 1 is 1.56 bits per heavy atom. The molecule has 92 valence electrons. The van der Waals surface area contributed by atoms with E-state index in [1.54, 1.807) is 0 Å². The van der Waals surface area contributed by atoms with Crippen molar-refractivity contribution in [3.05, 3.63) is 33.9 Å². The summed E-state index contributed by atoms with van der Waals surface area (Å²) in [6, 6.07) is 3.60. The molecular formula is C8H7N7O3. The summed E-state index contributed by atoms with van der Waals surface area (Å²) in [5, 5.41) is 36.4. The number of aromatic amines is 1. The van der Waals surface area contributed by atoms with Crippen LogP contribution in [0.1, 0.15) is 5.56 Å². The number of aromatic hydroxyl groups is 1. The molecule has 10 heteroatoms. The van der Waals surface area contributed by atoms with Gasteiger partial charge in [0.2, 0.25) is 0 Å². The third kappa shape index (κ3) is 2.55. The lowest BCUT2D eigenvalue weighted by Crippen LogP contribution is -1.94. The van der Waals surface area contributed by atoms with E-state index in [1.165, 1.54) is 24.4 Å². The second-order valence-corrected chi connectivity index (χ2v) is 3.11. The van der Waals surface area contributed by atoms with Gasteiger partial charge in [0.1, 0.15) is 5.75 Å². The maximum absolute atomic E-state index is 10.6. The summed E-state index contributed by atoms with van der Waals surface area (Å²) in [5.41, 5.74) is 2.47. The standard InChI is InChI=1S/C8H7N7O3/c16-7-2-1-6(15(17)18)3-5(7)4-9-10-8-11-13-14-12-8/h1-4,16H,(H2,10,11,12,13,14)/b9-4-. The van der Waals surface area contributed by atoms with Gasteiger partial charge in [0.25, 0.3) is 11.6 Å². The molecule has 0 aliphatic rings. The molecule has 0 fully saturated rings. The number of hydrogen-bond donors (Lipinski definition) is 3. The number of non-ortho nitro benzene ring substituents is 1. The van der Waals surface area contributed by atoms with Gasteiger partial charge in [-0.25, -0.2) is 5.43 Å². The van der Waals surface area contributed by atoms with Gasteiger partial charge in [-0.05, 0) is 11.3 Å². The van der Waals surface area contributed by atoms with E-state index >= 15 is 0 Å².